The first-order chi connectivity index (χ1) is 14.1. The number of carbonyl (C=O) groups is 1. The van der Waals surface area contributed by atoms with Crippen LogP contribution in [0.2, 0.25) is 0 Å². The van der Waals surface area contributed by atoms with Crippen LogP contribution in [0.4, 0.5) is 10.1 Å². The van der Waals surface area contributed by atoms with Gasteiger partial charge in [-0.3, -0.25) is 19.0 Å². The van der Waals surface area contributed by atoms with Crippen molar-refractivity contribution >= 4 is 22.9 Å². The number of carbonyl (C=O) groups excluding carboxylic acids is 1. The SMILES string of the molecule is CF.Cn1cc(NC(=O)c2csc(-c3ccn[nH]3)n2)cn1.N[C@@H]1CCCOCC1. The molecule has 0 saturated carbocycles. The number of aromatic amines is 1. The summed E-state index contributed by atoms with van der Waals surface area (Å²) in [5.41, 5.74) is 7.47. The van der Waals surface area contributed by atoms with E-state index in [-0.39, 0.29) is 5.91 Å². The van der Waals surface area contributed by atoms with Gasteiger partial charge in [0, 0.05) is 44.1 Å². The molecule has 1 amide bonds. The first-order valence-corrected chi connectivity index (χ1v) is 9.96. The summed E-state index contributed by atoms with van der Waals surface area (Å²) in [7, 11) is 2.29. The van der Waals surface area contributed by atoms with Crippen LogP contribution in [0.15, 0.2) is 30.0 Å². The van der Waals surface area contributed by atoms with Gasteiger partial charge in [-0.05, 0) is 25.3 Å². The number of aryl methyl sites for hydroxylation is 1. The highest BCUT2D eigenvalue weighted by Crippen LogP contribution is 2.21. The van der Waals surface area contributed by atoms with Gasteiger partial charge in [0.25, 0.3) is 5.91 Å². The summed E-state index contributed by atoms with van der Waals surface area (Å²) in [6.45, 7) is 1.77. The predicted molar refractivity (Wildman–Crippen MR) is 111 cm³/mol. The van der Waals surface area contributed by atoms with Crippen LogP contribution in [0, 0.1) is 0 Å². The fraction of sp³-hybridized carbons (Fsp3) is 0.444. The van der Waals surface area contributed by atoms with Gasteiger partial charge >= 0.3 is 0 Å². The van der Waals surface area contributed by atoms with Crippen molar-refractivity contribution in [3.05, 3.63) is 35.7 Å². The maximum Gasteiger partial charge on any atom is 0.275 e. The molecule has 1 aliphatic rings. The third-order valence-electron chi connectivity index (χ3n) is 3.93. The number of nitrogens with zero attached hydrogens (tertiary/aromatic N) is 4. The lowest BCUT2D eigenvalue weighted by molar-refractivity contribution is 0.102. The van der Waals surface area contributed by atoms with Crippen molar-refractivity contribution in [2.24, 2.45) is 12.8 Å². The number of nitrogens with two attached hydrogens (primary N) is 1. The van der Waals surface area contributed by atoms with Gasteiger partial charge in [-0.15, -0.1) is 11.3 Å². The zero-order valence-electron chi connectivity index (χ0n) is 16.5. The van der Waals surface area contributed by atoms with Crippen molar-refractivity contribution in [3.8, 4) is 10.7 Å². The van der Waals surface area contributed by atoms with Crippen molar-refractivity contribution < 1.29 is 13.9 Å². The molecule has 1 atom stereocenters. The molecule has 4 N–H and O–H groups in total. The zero-order valence-corrected chi connectivity index (χ0v) is 17.3. The van der Waals surface area contributed by atoms with Crippen LogP contribution in [0.3, 0.4) is 0 Å². The van der Waals surface area contributed by atoms with Crippen molar-refractivity contribution in [2.45, 2.75) is 25.3 Å². The van der Waals surface area contributed by atoms with E-state index in [1.54, 1.807) is 35.7 Å². The van der Waals surface area contributed by atoms with Gasteiger partial charge in [-0.25, -0.2) is 4.98 Å². The van der Waals surface area contributed by atoms with Crippen LogP contribution in [-0.4, -0.2) is 57.3 Å². The van der Waals surface area contributed by atoms with Gasteiger partial charge in [-0.2, -0.15) is 10.2 Å². The number of alkyl halides is 1. The molecule has 11 heteroatoms. The number of nitrogens with one attached hydrogen (secondary N) is 2. The molecule has 0 unspecified atom stereocenters. The summed E-state index contributed by atoms with van der Waals surface area (Å²) in [5.74, 6) is -0.255. The molecular formula is C18H26FN7O2S. The van der Waals surface area contributed by atoms with Crippen LogP contribution in [0.25, 0.3) is 10.7 Å². The van der Waals surface area contributed by atoms with Crippen LogP contribution in [-0.2, 0) is 11.8 Å². The Balaban J connectivity index is 0.000000252. The number of H-pyrrole nitrogens is 1. The van der Waals surface area contributed by atoms with Crippen molar-refractivity contribution in [1.82, 2.24) is 25.0 Å². The van der Waals surface area contributed by atoms with Crippen LogP contribution < -0.4 is 11.1 Å². The van der Waals surface area contributed by atoms with E-state index in [1.165, 1.54) is 11.3 Å². The number of aromatic nitrogens is 5. The Labute approximate surface area is 172 Å². The second-order valence-corrected chi connectivity index (χ2v) is 7.03. The average Bonchev–Trinajstić information content (AvgIpc) is 3.46. The highest BCUT2D eigenvalue weighted by Gasteiger charge is 2.13. The lowest BCUT2D eigenvalue weighted by Gasteiger charge is -2.02. The maximum absolute atomic E-state index is 12.0. The molecule has 0 spiro atoms. The minimum atomic E-state index is -0.255. The average molecular weight is 424 g/mol. The Kier molecular flexibility index (Phi) is 9.41. The highest BCUT2D eigenvalue weighted by atomic mass is 32.1. The zero-order chi connectivity index (χ0) is 21.1. The summed E-state index contributed by atoms with van der Waals surface area (Å²) in [6, 6.07) is 2.21. The summed E-state index contributed by atoms with van der Waals surface area (Å²) in [5, 5.41) is 15.8. The Morgan fingerprint density at radius 1 is 1.41 bits per heavy atom. The first kappa shape index (κ1) is 22.7. The van der Waals surface area contributed by atoms with E-state index >= 15 is 0 Å². The highest BCUT2D eigenvalue weighted by molar-refractivity contribution is 7.13. The quantitative estimate of drug-likeness (QED) is 0.595. The molecule has 1 aliphatic heterocycles. The molecule has 0 aromatic carbocycles. The van der Waals surface area contributed by atoms with Crippen LogP contribution >= 0.6 is 11.3 Å². The van der Waals surface area contributed by atoms with Gasteiger partial charge in [0.2, 0.25) is 0 Å². The molecule has 4 heterocycles. The van der Waals surface area contributed by atoms with E-state index in [2.05, 4.69) is 25.6 Å². The van der Waals surface area contributed by atoms with Gasteiger partial charge in [0.05, 0.1) is 24.8 Å². The van der Waals surface area contributed by atoms with Crippen molar-refractivity contribution in [1.29, 1.82) is 0 Å². The normalized spacial score (nSPS) is 15.9. The summed E-state index contributed by atoms with van der Waals surface area (Å²) < 4.78 is 16.3. The standard InChI is InChI=1S/C11H10N6OS.C6H13NO.CH3F/c1-17-5-7(4-13-17)14-10(18)9-6-19-11(15-9)8-2-3-12-16-8;7-6-2-1-4-8-5-3-6;1-2/h2-6H,1H3,(H,12,16)(H,14,18);6H,1-5,7H2;1H3/t;6-;/m.1./s1. The van der Waals surface area contributed by atoms with E-state index < -0.39 is 0 Å². The molecule has 9 nitrogen and oxygen atoms in total. The molecule has 0 bridgehead atoms. The molecule has 4 rings (SSSR count). The smallest absolute Gasteiger partial charge is 0.275 e. The minimum Gasteiger partial charge on any atom is -0.381 e. The Morgan fingerprint density at radius 2 is 2.24 bits per heavy atom. The fourth-order valence-corrected chi connectivity index (χ4v) is 3.26. The lowest BCUT2D eigenvalue weighted by Crippen LogP contribution is -2.19. The molecule has 0 radical (unpaired) electrons. The molecule has 29 heavy (non-hydrogen) atoms. The van der Waals surface area contributed by atoms with Gasteiger partial charge in [-0.1, -0.05) is 0 Å². The van der Waals surface area contributed by atoms with Gasteiger partial charge in [0.1, 0.15) is 10.7 Å². The van der Waals surface area contributed by atoms with Crippen molar-refractivity contribution in [2.75, 3.05) is 25.7 Å². The van der Waals surface area contributed by atoms with E-state index in [0.717, 1.165) is 43.2 Å². The van der Waals surface area contributed by atoms with Crippen LogP contribution in [0.1, 0.15) is 29.8 Å². The summed E-state index contributed by atoms with van der Waals surface area (Å²) >= 11 is 1.39. The van der Waals surface area contributed by atoms with Crippen LogP contribution in [0.5, 0.6) is 0 Å². The second kappa shape index (κ2) is 12.0. The van der Waals surface area contributed by atoms with E-state index in [9.17, 15) is 9.18 Å². The van der Waals surface area contributed by atoms with E-state index in [4.69, 9.17) is 10.5 Å². The molecule has 1 saturated heterocycles. The van der Waals surface area contributed by atoms with E-state index in [0.29, 0.717) is 24.6 Å². The maximum atomic E-state index is 12.0. The molecular weight excluding hydrogens is 397 g/mol. The number of hydrogen-bond donors (Lipinski definition) is 3. The van der Waals surface area contributed by atoms with Crippen molar-refractivity contribution in [3.63, 3.8) is 0 Å². The molecule has 1 fully saturated rings. The molecule has 0 aliphatic carbocycles. The number of amides is 1. The van der Waals surface area contributed by atoms with Gasteiger partial charge < -0.3 is 15.8 Å². The Hall–Kier alpha value is -2.63. The number of halogens is 1. The number of ether oxygens (including phenoxy) is 1. The number of anilines is 1. The molecule has 3 aromatic heterocycles. The fourth-order valence-electron chi connectivity index (χ4n) is 2.49. The topological polar surface area (TPSA) is 124 Å². The molecule has 158 valence electrons. The van der Waals surface area contributed by atoms with E-state index in [1.807, 2.05) is 6.07 Å². The largest absolute Gasteiger partial charge is 0.381 e. The Bertz CT molecular complexity index is 842. The lowest BCUT2D eigenvalue weighted by atomic mass is 10.1. The summed E-state index contributed by atoms with van der Waals surface area (Å²) in [4.78, 5) is 16.2. The monoisotopic (exact) mass is 423 g/mol. The first-order valence-electron chi connectivity index (χ1n) is 9.08. The van der Waals surface area contributed by atoms with Gasteiger partial charge in [0.15, 0.2) is 0 Å². The summed E-state index contributed by atoms with van der Waals surface area (Å²) in [6.07, 6.45) is 8.27. The molecule has 3 aromatic rings. The minimum absolute atomic E-state index is 0.255. The third-order valence-corrected chi connectivity index (χ3v) is 4.80. The number of hydrogen-bond acceptors (Lipinski definition) is 7. The number of rotatable bonds is 3. The third kappa shape index (κ3) is 7.37. The second-order valence-electron chi connectivity index (χ2n) is 6.17. The predicted octanol–water partition coefficient (Wildman–Crippen LogP) is 2.62. The Morgan fingerprint density at radius 3 is 2.93 bits per heavy atom. The number of thiazole rings is 1.